The van der Waals surface area contributed by atoms with E-state index in [1.807, 2.05) is 24.3 Å². The van der Waals surface area contributed by atoms with E-state index >= 15 is 0 Å². The van der Waals surface area contributed by atoms with Gasteiger partial charge in [-0.2, -0.15) is 0 Å². The van der Waals surface area contributed by atoms with Crippen LogP contribution in [0.1, 0.15) is 5.56 Å². The number of nitrogens with zero attached hydrogens (tertiary/aromatic N) is 2. The predicted octanol–water partition coefficient (Wildman–Crippen LogP) is 0.958. The number of hydrogen-bond acceptors (Lipinski definition) is 3. The summed E-state index contributed by atoms with van der Waals surface area (Å²) in [6.45, 7) is 0.340. The van der Waals surface area contributed by atoms with Gasteiger partial charge >= 0.3 is 5.69 Å². The Morgan fingerprint density at radius 3 is 2.52 bits per heavy atom. The molecule has 2 aromatic rings. The molecule has 0 radical (unpaired) electrons. The molecule has 1 N–H and O–H groups in total. The smallest absolute Gasteiger partial charge is 0.328 e. The summed E-state index contributed by atoms with van der Waals surface area (Å²) in [7, 11) is 1.67. The van der Waals surface area contributed by atoms with Crippen molar-refractivity contribution in [3.05, 3.63) is 67.4 Å². The Labute approximate surface area is 129 Å². The van der Waals surface area contributed by atoms with E-state index in [1.165, 1.54) is 21.7 Å². The number of aromatic amines is 1. The summed E-state index contributed by atoms with van der Waals surface area (Å²) in [5, 5.41) is 0. The molecule has 0 aliphatic heterocycles. The van der Waals surface area contributed by atoms with Crippen molar-refractivity contribution < 1.29 is 4.79 Å². The Kier molecular flexibility index (Phi) is 4.74. The molecule has 0 atom stereocenters. The molecule has 0 spiro atoms. The lowest BCUT2D eigenvalue weighted by Crippen LogP contribution is -2.36. The first kappa shape index (κ1) is 15.2. The summed E-state index contributed by atoms with van der Waals surface area (Å²) in [5.41, 5.74) is -0.0809. The van der Waals surface area contributed by atoms with E-state index < -0.39 is 11.2 Å². The van der Waals surface area contributed by atoms with Gasteiger partial charge in [-0.25, -0.2) is 4.79 Å². The van der Waals surface area contributed by atoms with Gasteiger partial charge in [0.25, 0.3) is 5.56 Å². The molecule has 0 fully saturated rings. The molecule has 21 heavy (non-hydrogen) atoms. The highest BCUT2D eigenvalue weighted by atomic mass is 79.9. The van der Waals surface area contributed by atoms with Crippen molar-refractivity contribution in [3.63, 3.8) is 0 Å². The second-order valence-electron chi connectivity index (χ2n) is 4.61. The highest BCUT2D eigenvalue weighted by molar-refractivity contribution is 9.10. The standard InChI is InChI=1S/C14H14BrN3O3/c1-17(8-10-2-4-11(15)5-3-10)13(20)9-18-7-6-12(19)16-14(18)21/h2-7H,8-9H2,1H3,(H,16,19,21). The molecular formula is C14H14BrN3O3. The second kappa shape index (κ2) is 6.53. The van der Waals surface area contributed by atoms with Crippen LogP contribution in [0.25, 0.3) is 0 Å². The van der Waals surface area contributed by atoms with Gasteiger partial charge in [-0.3, -0.25) is 19.1 Å². The zero-order valence-corrected chi connectivity index (χ0v) is 13.0. The molecule has 0 saturated heterocycles. The van der Waals surface area contributed by atoms with Gasteiger partial charge < -0.3 is 4.90 Å². The van der Waals surface area contributed by atoms with Crippen LogP contribution in [-0.4, -0.2) is 27.4 Å². The van der Waals surface area contributed by atoms with Gasteiger partial charge in [0.15, 0.2) is 0 Å². The Balaban J connectivity index is 2.04. The number of benzene rings is 1. The van der Waals surface area contributed by atoms with Crippen LogP contribution in [0.2, 0.25) is 0 Å². The van der Waals surface area contributed by atoms with E-state index in [0.717, 1.165) is 10.0 Å². The molecule has 1 amide bonds. The summed E-state index contributed by atoms with van der Waals surface area (Å²) in [4.78, 5) is 38.2. The van der Waals surface area contributed by atoms with Crippen molar-refractivity contribution in [2.45, 2.75) is 13.1 Å². The molecule has 0 aliphatic rings. The van der Waals surface area contributed by atoms with Gasteiger partial charge in [-0.05, 0) is 17.7 Å². The largest absolute Gasteiger partial charge is 0.340 e. The highest BCUT2D eigenvalue weighted by Crippen LogP contribution is 2.11. The molecular weight excluding hydrogens is 338 g/mol. The fraction of sp³-hybridized carbons (Fsp3) is 0.214. The van der Waals surface area contributed by atoms with Crippen LogP contribution in [0.4, 0.5) is 0 Å². The number of likely N-dealkylation sites (N-methyl/N-ethyl adjacent to an activating group) is 1. The first-order valence-corrected chi connectivity index (χ1v) is 7.03. The number of halogens is 1. The number of hydrogen-bond donors (Lipinski definition) is 1. The molecule has 1 aromatic heterocycles. The zero-order chi connectivity index (χ0) is 15.4. The quantitative estimate of drug-likeness (QED) is 0.891. The Bertz CT molecular complexity index is 749. The predicted molar refractivity (Wildman–Crippen MR) is 81.9 cm³/mol. The van der Waals surface area contributed by atoms with Crippen LogP contribution in [0.5, 0.6) is 0 Å². The number of rotatable bonds is 4. The number of carbonyl (C=O) groups excluding carboxylic acids is 1. The van der Waals surface area contributed by atoms with Gasteiger partial charge in [0.1, 0.15) is 6.54 Å². The minimum Gasteiger partial charge on any atom is -0.340 e. The molecule has 7 heteroatoms. The van der Waals surface area contributed by atoms with Crippen molar-refractivity contribution in [2.24, 2.45) is 0 Å². The number of nitrogens with one attached hydrogen (secondary N) is 1. The first-order valence-electron chi connectivity index (χ1n) is 6.24. The minimum absolute atomic E-state index is 0.108. The third-order valence-electron chi connectivity index (χ3n) is 2.96. The fourth-order valence-corrected chi connectivity index (χ4v) is 2.05. The van der Waals surface area contributed by atoms with Crippen LogP contribution in [-0.2, 0) is 17.9 Å². The molecule has 0 unspecified atom stereocenters. The van der Waals surface area contributed by atoms with Crippen LogP contribution >= 0.6 is 15.9 Å². The third kappa shape index (κ3) is 4.16. The van der Waals surface area contributed by atoms with Gasteiger partial charge in [0, 0.05) is 30.3 Å². The summed E-state index contributed by atoms with van der Waals surface area (Å²) >= 11 is 3.35. The summed E-state index contributed by atoms with van der Waals surface area (Å²) < 4.78 is 2.14. The Morgan fingerprint density at radius 2 is 1.90 bits per heavy atom. The Morgan fingerprint density at radius 1 is 1.24 bits per heavy atom. The van der Waals surface area contributed by atoms with E-state index in [9.17, 15) is 14.4 Å². The Hall–Kier alpha value is -2.15. The lowest BCUT2D eigenvalue weighted by atomic mass is 10.2. The lowest BCUT2D eigenvalue weighted by Gasteiger charge is -2.17. The SMILES string of the molecule is CN(Cc1ccc(Br)cc1)C(=O)Cn1ccc(=O)[nH]c1=O. The summed E-state index contributed by atoms with van der Waals surface area (Å²) in [6.07, 6.45) is 1.31. The van der Waals surface area contributed by atoms with Crippen molar-refractivity contribution in [1.82, 2.24) is 14.5 Å². The number of H-pyrrole nitrogens is 1. The maximum absolute atomic E-state index is 12.1. The van der Waals surface area contributed by atoms with Crippen molar-refractivity contribution in [1.29, 1.82) is 0 Å². The average molecular weight is 352 g/mol. The van der Waals surface area contributed by atoms with E-state index in [2.05, 4.69) is 20.9 Å². The van der Waals surface area contributed by atoms with E-state index in [0.29, 0.717) is 6.54 Å². The topological polar surface area (TPSA) is 75.2 Å². The van der Waals surface area contributed by atoms with Gasteiger partial charge in [-0.1, -0.05) is 28.1 Å². The van der Waals surface area contributed by atoms with Gasteiger partial charge in [0.05, 0.1) is 0 Å². The zero-order valence-electron chi connectivity index (χ0n) is 11.4. The maximum Gasteiger partial charge on any atom is 0.328 e. The normalized spacial score (nSPS) is 10.4. The molecule has 2 rings (SSSR count). The monoisotopic (exact) mass is 351 g/mol. The van der Waals surface area contributed by atoms with Gasteiger partial charge in [-0.15, -0.1) is 0 Å². The van der Waals surface area contributed by atoms with E-state index in [4.69, 9.17) is 0 Å². The van der Waals surface area contributed by atoms with Crippen LogP contribution in [0, 0.1) is 0 Å². The molecule has 0 aliphatic carbocycles. The van der Waals surface area contributed by atoms with Crippen molar-refractivity contribution >= 4 is 21.8 Å². The first-order chi connectivity index (χ1) is 9.95. The molecule has 0 bridgehead atoms. The minimum atomic E-state index is -0.590. The van der Waals surface area contributed by atoms with Crippen LogP contribution in [0.15, 0.2) is 50.6 Å². The number of amides is 1. The molecule has 0 saturated carbocycles. The number of carbonyl (C=O) groups is 1. The molecule has 1 heterocycles. The third-order valence-corrected chi connectivity index (χ3v) is 3.49. The highest BCUT2D eigenvalue weighted by Gasteiger charge is 2.11. The summed E-state index contributed by atoms with van der Waals surface area (Å²) in [6, 6.07) is 8.85. The molecule has 110 valence electrons. The van der Waals surface area contributed by atoms with Crippen LogP contribution in [0.3, 0.4) is 0 Å². The van der Waals surface area contributed by atoms with Crippen molar-refractivity contribution in [3.8, 4) is 0 Å². The van der Waals surface area contributed by atoms with Gasteiger partial charge in [0.2, 0.25) is 5.91 Å². The van der Waals surface area contributed by atoms with Crippen molar-refractivity contribution in [2.75, 3.05) is 7.05 Å². The lowest BCUT2D eigenvalue weighted by molar-refractivity contribution is -0.131. The summed E-state index contributed by atoms with van der Waals surface area (Å²) in [5.74, 6) is -0.216. The average Bonchev–Trinajstić information content (AvgIpc) is 2.44. The number of aromatic nitrogens is 2. The molecule has 1 aromatic carbocycles. The second-order valence-corrected chi connectivity index (χ2v) is 5.53. The van der Waals surface area contributed by atoms with Crippen LogP contribution < -0.4 is 11.2 Å². The molecule has 6 nitrogen and oxygen atoms in total. The fourth-order valence-electron chi connectivity index (χ4n) is 1.79. The van der Waals surface area contributed by atoms with E-state index in [-0.39, 0.29) is 12.5 Å². The van der Waals surface area contributed by atoms with E-state index in [1.54, 1.807) is 7.05 Å². The maximum atomic E-state index is 12.1.